The Morgan fingerprint density at radius 3 is 2.61 bits per heavy atom. The SMILES string of the molecule is O=C1Nc2cc(C(=O)N3CCCCCC3)ccc2S/C1=C/c1cccc(Cl)c1. The van der Waals surface area contributed by atoms with Gasteiger partial charge in [-0.05, 0) is 54.8 Å². The molecule has 0 atom stereocenters. The highest BCUT2D eigenvalue weighted by atomic mass is 35.5. The van der Waals surface area contributed by atoms with Gasteiger partial charge in [0.25, 0.3) is 11.8 Å². The monoisotopic (exact) mass is 412 g/mol. The number of hydrogen-bond donors (Lipinski definition) is 1. The van der Waals surface area contributed by atoms with Crippen molar-refractivity contribution in [3.63, 3.8) is 0 Å². The number of thioether (sulfide) groups is 1. The summed E-state index contributed by atoms with van der Waals surface area (Å²) in [6.07, 6.45) is 6.30. The Labute approximate surface area is 173 Å². The van der Waals surface area contributed by atoms with Gasteiger partial charge in [0.05, 0.1) is 10.6 Å². The zero-order valence-corrected chi connectivity index (χ0v) is 17.0. The number of fused-ring (bicyclic) bond motifs is 1. The minimum Gasteiger partial charge on any atom is -0.339 e. The van der Waals surface area contributed by atoms with Crippen LogP contribution in [0.4, 0.5) is 5.69 Å². The summed E-state index contributed by atoms with van der Waals surface area (Å²) in [4.78, 5) is 28.8. The lowest BCUT2D eigenvalue weighted by molar-refractivity contribution is -0.112. The van der Waals surface area contributed by atoms with Gasteiger partial charge in [-0.2, -0.15) is 0 Å². The Kier molecular flexibility index (Phi) is 5.74. The van der Waals surface area contributed by atoms with Crippen molar-refractivity contribution >= 4 is 46.9 Å². The molecule has 0 unspecified atom stereocenters. The van der Waals surface area contributed by atoms with Gasteiger partial charge in [0, 0.05) is 28.6 Å². The van der Waals surface area contributed by atoms with Gasteiger partial charge in [-0.3, -0.25) is 9.59 Å². The Balaban J connectivity index is 1.56. The standard InChI is InChI=1S/C22H21ClN2O2S/c23-17-7-5-6-15(12-17)13-20-21(26)24-18-14-16(8-9-19(18)28-20)22(27)25-10-3-1-2-4-11-25/h5-9,12-14H,1-4,10-11H2,(H,24,26)/b20-13+. The van der Waals surface area contributed by atoms with Crippen molar-refractivity contribution in [3.8, 4) is 0 Å². The predicted octanol–water partition coefficient (Wildman–Crippen LogP) is 5.44. The van der Waals surface area contributed by atoms with E-state index in [1.165, 1.54) is 24.6 Å². The van der Waals surface area contributed by atoms with E-state index in [9.17, 15) is 9.59 Å². The van der Waals surface area contributed by atoms with Crippen molar-refractivity contribution in [1.82, 2.24) is 4.90 Å². The van der Waals surface area contributed by atoms with Crippen LogP contribution in [0.25, 0.3) is 6.08 Å². The first-order valence-electron chi connectivity index (χ1n) is 9.50. The van der Waals surface area contributed by atoms with Crippen LogP contribution in [0, 0.1) is 0 Å². The van der Waals surface area contributed by atoms with E-state index < -0.39 is 0 Å². The number of carbonyl (C=O) groups is 2. The number of amides is 2. The fraction of sp³-hybridized carbons (Fsp3) is 0.273. The number of hydrogen-bond acceptors (Lipinski definition) is 3. The first-order chi connectivity index (χ1) is 13.6. The predicted molar refractivity (Wildman–Crippen MR) is 115 cm³/mol. The van der Waals surface area contributed by atoms with E-state index in [0.717, 1.165) is 36.4 Å². The summed E-state index contributed by atoms with van der Waals surface area (Å²) < 4.78 is 0. The number of rotatable bonds is 2. The summed E-state index contributed by atoms with van der Waals surface area (Å²) in [6, 6.07) is 12.9. The lowest BCUT2D eigenvalue weighted by Gasteiger charge is -2.23. The number of likely N-dealkylation sites (tertiary alicyclic amines) is 1. The molecule has 0 bridgehead atoms. The average molecular weight is 413 g/mol. The van der Waals surface area contributed by atoms with Crippen LogP contribution < -0.4 is 5.32 Å². The summed E-state index contributed by atoms with van der Waals surface area (Å²) in [7, 11) is 0. The van der Waals surface area contributed by atoms with E-state index in [-0.39, 0.29) is 11.8 Å². The minimum absolute atomic E-state index is 0.0456. The summed E-state index contributed by atoms with van der Waals surface area (Å²) in [5.74, 6) is -0.124. The van der Waals surface area contributed by atoms with Crippen LogP contribution in [0.15, 0.2) is 52.3 Å². The van der Waals surface area contributed by atoms with Crippen LogP contribution in [0.5, 0.6) is 0 Å². The molecule has 2 amide bonds. The third-order valence-corrected chi connectivity index (χ3v) is 6.29. The lowest BCUT2D eigenvalue weighted by Crippen LogP contribution is -2.32. The molecule has 4 nitrogen and oxygen atoms in total. The molecule has 2 aliphatic heterocycles. The van der Waals surface area contributed by atoms with Gasteiger partial charge >= 0.3 is 0 Å². The Hall–Kier alpha value is -2.24. The molecule has 0 aliphatic carbocycles. The molecular formula is C22H21ClN2O2S. The second kappa shape index (κ2) is 8.41. The topological polar surface area (TPSA) is 49.4 Å². The number of nitrogens with zero attached hydrogens (tertiary/aromatic N) is 1. The molecule has 2 aromatic carbocycles. The largest absolute Gasteiger partial charge is 0.339 e. The maximum atomic E-state index is 12.8. The maximum absolute atomic E-state index is 12.8. The van der Waals surface area contributed by atoms with Crippen molar-refractivity contribution < 1.29 is 9.59 Å². The van der Waals surface area contributed by atoms with Crippen LogP contribution in [-0.2, 0) is 4.79 Å². The molecule has 2 aromatic rings. The minimum atomic E-state index is -0.170. The van der Waals surface area contributed by atoms with Gasteiger partial charge in [-0.15, -0.1) is 0 Å². The van der Waals surface area contributed by atoms with E-state index >= 15 is 0 Å². The fourth-order valence-corrected chi connectivity index (χ4v) is 4.63. The lowest BCUT2D eigenvalue weighted by atomic mass is 10.1. The molecule has 6 heteroatoms. The fourth-order valence-electron chi connectivity index (χ4n) is 3.50. The van der Waals surface area contributed by atoms with E-state index in [1.54, 1.807) is 12.1 Å². The maximum Gasteiger partial charge on any atom is 0.262 e. The van der Waals surface area contributed by atoms with Gasteiger partial charge in [0.15, 0.2) is 0 Å². The van der Waals surface area contributed by atoms with Gasteiger partial charge in [0.2, 0.25) is 0 Å². The normalized spacial score (nSPS) is 18.4. The highest BCUT2D eigenvalue weighted by molar-refractivity contribution is 8.04. The van der Waals surface area contributed by atoms with E-state index in [1.807, 2.05) is 41.3 Å². The van der Waals surface area contributed by atoms with Crippen molar-refractivity contribution in [1.29, 1.82) is 0 Å². The highest BCUT2D eigenvalue weighted by Gasteiger charge is 2.24. The van der Waals surface area contributed by atoms with Crippen LogP contribution in [-0.4, -0.2) is 29.8 Å². The van der Waals surface area contributed by atoms with Gasteiger partial charge in [0.1, 0.15) is 0 Å². The first-order valence-corrected chi connectivity index (χ1v) is 10.7. The van der Waals surface area contributed by atoms with Gasteiger partial charge in [-0.25, -0.2) is 0 Å². The Morgan fingerprint density at radius 2 is 1.86 bits per heavy atom. The molecule has 0 radical (unpaired) electrons. The van der Waals surface area contributed by atoms with Crippen molar-refractivity contribution in [3.05, 3.63) is 63.5 Å². The molecule has 28 heavy (non-hydrogen) atoms. The molecule has 4 rings (SSSR count). The third kappa shape index (κ3) is 4.26. The Bertz CT molecular complexity index is 949. The zero-order chi connectivity index (χ0) is 19.5. The molecule has 1 fully saturated rings. The number of halogens is 1. The number of anilines is 1. The van der Waals surface area contributed by atoms with Gasteiger partial charge < -0.3 is 10.2 Å². The second-order valence-electron chi connectivity index (χ2n) is 7.04. The van der Waals surface area contributed by atoms with Crippen molar-refractivity contribution in [2.75, 3.05) is 18.4 Å². The van der Waals surface area contributed by atoms with Crippen molar-refractivity contribution in [2.24, 2.45) is 0 Å². The molecule has 144 valence electrons. The number of nitrogens with one attached hydrogen (secondary N) is 1. The summed E-state index contributed by atoms with van der Waals surface area (Å²) in [5.41, 5.74) is 2.20. The number of benzene rings is 2. The molecule has 0 spiro atoms. The summed E-state index contributed by atoms with van der Waals surface area (Å²) >= 11 is 7.43. The van der Waals surface area contributed by atoms with Crippen LogP contribution in [0.2, 0.25) is 5.02 Å². The summed E-state index contributed by atoms with van der Waals surface area (Å²) in [5, 5.41) is 3.56. The van der Waals surface area contributed by atoms with E-state index in [4.69, 9.17) is 11.6 Å². The highest BCUT2D eigenvalue weighted by Crippen LogP contribution is 2.39. The zero-order valence-electron chi connectivity index (χ0n) is 15.4. The third-order valence-electron chi connectivity index (χ3n) is 4.96. The molecule has 0 saturated carbocycles. The van der Waals surface area contributed by atoms with E-state index in [2.05, 4.69) is 5.32 Å². The quantitative estimate of drug-likeness (QED) is 0.668. The number of carbonyl (C=O) groups excluding carboxylic acids is 2. The first kappa shape index (κ1) is 19.1. The molecular weight excluding hydrogens is 392 g/mol. The molecule has 2 aliphatic rings. The Morgan fingerprint density at radius 1 is 1.07 bits per heavy atom. The average Bonchev–Trinajstić information content (AvgIpc) is 2.97. The van der Waals surface area contributed by atoms with Crippen LogP contribution in [0.3, 0.4) is 0 Å². The summed E-state index contributed by atoms with van der Waals surface area (Å²) in [6.45, 7) is 1.62. The molecule has 1 saturated heterocycles. The van der Waals surface area contributed by atoms with Gasteiger partial charge in [-0.1, -0.05) is 48.3 Å². The second-order valence-corrected chi connectivity index (χ2v) is 8.56. The van der Waals surface area contributed by atoms with Crippen LogP contribution >= 0.6 is 23.4 Å². The molecule has 0 aromatic heterocycles. The van der Waals surface area contributed by atoms with E-state index in [0.29, 0.717) is 21.2 Å². The smallest absolute Gasteiger partial charge is 0.262 e. The van der Waals surface area contributed by atoms with Crippen molar-refractivity contribution in [2.45, 2.75) is 30.6 Å². The molecule has 2 heterocycles. The molecule has 1 N–H and O–H groups in total. The van der Waals surface area contributed by atoms with Crippen LogP contribution in [0.1, 0.15) is 41.6 Å².